The summed E-state index contributed by atoms with van der Waals surface area (Å²) >= 11 is 0. The summed E-state index contributed by atoms with van der Waals surface area (Å²) in [6.07, 6.45) is 1.63. The molecule has 0 unspecified atom stereocenters. The van der Waals surface area contributed by atoms with E-state index in [1.807, 2.05) is 0 Å². The average molecular weight is 161 g/mol. The zero-order valence-corrected chi connectivity index (χ0v) is 6.75. The van der Waals surface area contributed by atoms with Crippen LogP contribution in [0.3, 0.4) is 0 Å². The minimum absolute atomic E-state index is 0.0323. The summed E-state index contributed by atoms with van der Waals surface area (Å²) in [5.41, 5.74) is 7.65. The minimum Gasteiger partial charge on any atom is -0.508 e. The Morgan fingerprint density at radius 3 is 2.67 bits per heavy atom. The molecular weight excluding hydrogens is 150 g/mol. The number of hydrogen-bond acceptors (Lipinski definition) is 2. The molecule has 0 saturated heterocycles. The van der Waals surface area contributed by atoms with E-state index in [2.05, 4.69) is 13.2 Å². The third-order valence-corrected chi connectivity index (χ3v) is 1.61. The molecule has 0 aromatic heterocycles. The highest BCUT2D eigenvalue weighted by Gasteiger charge is 2.01. The van der Waals surface area contributed by atoms with E-state index in [4.69, 9.17) is 10.8 Å². The van der Waals surface area contributed by atoms with E-state index in [0.29, 0.717) is 11.3 Å². The van der Waals surface area contributed by atoms with E-state index >= 15 is 0 Å². The molecule has 0 aliphatic carbocycles. The van der Waals surface area contributed by atoms with E-state index in [0.717, 1.165) is 5.56 Å². The lowest BCUT2D eigenvalue weighted by Gasteiger charge is -2.04. The van der Waals surface area contributed by atoms with Gasteiger partial charge in [0.2, 0.25) is 0 Å². The molecule has 0 aliphatic heterocycles. The Balaban J connectivity index is 3.29. The second-order valence-corrected chi connectivity index (χ2v) is 2.50. The van der Waals surface area contributed by atoms with E-state index in [1.165, 1.54) is 0 Å². The number of aliphatic hydroxyl groups excluding tert-OH is 1. The van der Waals surface area contributed by atoms with Gasteiger partial charge in [-0.1, -0.05) is 19.2 Å². The maximum atomic E-state index is 9.14. The number of hydrogen-bond donors (Lipinski definition) is 2. The zero-order chi connectivity index (χ0) is 9.14. The molecule has 0 fully saturated rings. The Labute approximate surface area is 71.6 Å². The smallest absolute Gasteiger partial charge is 0.116 e. The van der Waals surface area contributed by atoms with Crippen molar-refractivity contribution in [1.29, 1.82) is 0 Å². The van der Waals surface area contributed by atoms with Crippen molar-refractivity contribution in [2.45, 2.75) is 0 Å². The highest BCUT2D eigenvalue weighted by molar-refractivity contribution is 5.70. The summed E-state index contributed by atoms with van der Waals surface area (Å²) in [6, 6.07) is 5.17. The van der Waals surface area contributed by atoms with Crippen molar-refractivity contribution >= 4 is 17.5 Å². The third-order valence-electron chi connectivity index (χ3n) is 1.61. The fourth-order valence-corrected chi connectivity index (χ4v) is 1.01. The molecule has 0 spiro atoms. The number of anilines is 1. The summed E-state index contributed by atoms with van der Waals surface area (Å²) in [6.45, 7) is 7.04. The SMILES string of the molecule is C=Cc1cc(N)ccc1C(=C)O. The van der Waals surface area contributed by atoms with Crippen molar-refractivity contribution in [3.63, 3.8) is 0 Å². The van der Waals surface area contributed by atoms with Crippen LogP contribution in [0.25, 0.3) is 11.8 Å². The first-order chi connectivity index (χ1) is 5.65. The molecule has 0 bridgehead atoms. The van der Waals surface area contributed by atoms with Gasteiger partial charge in [0.25, 0.3) is 0 Å². The Morgan fingerprint density at radius 2 is 2.17 bits per heavy atom. The largest absolute Gasteiger partial charge is 0.508 e. The first kappa shape index (κ1) is 8.40. The van der Waals surface area contributed by atoms with Gasteiger partial charge in [0.05, 0.1) is 0 Å². The molecule has 1 aromatic rings. The van der Waals surface area contributed by atoms with E-state index in [1.54, 1.807) is 24.3 Å². The fraction of sp³-hybridized carbons (Fsp3) is 0. The molecule has 3 N–H and O–H groups in total. The van der Waals surface area contributed by atoms with Crippen LogP contribution in [-0.2, 0) is 0 Å². The van der Waals surface area contributed by atoms with Crippen molar-refractivity contribution in [2.24, 2.45) is 0 Å². The maximum absolute atomic E-state index is 9.14. The number of rotatable bonds is 2. The van der Waals surface area contributed by atoms with Gasteiger partial charge < -0.3 is 10.8 Å². The monoisotopic (exact) mass is 161 g/mol. The molecular formula is C10H11NO. The Bertz CT molecular complexity index is 329. The van der Waals surface area contributed by atoms with Crippen LogP contribution >= 0.6 is 0 Å². The van der Waals surface area contributed by atoms with Crippen LogP contribution < -0.4 is 5.73 Å². The van der Waals surface area contributed by atoms with Crippen molar-refractivity contribution in [1.82, 2.24) is 0 Å². The third kappa shape index (κ3) is 1.48. The second-order valence-electron chi connectivity index (χ2n) is 2.50. The molecule has 0 saturated carbocycles. The quantitative estimate of drug-likeness (QED) is 0.517. The highest BCUT2D eigenvalue weighted by atomic mass is 16.3. The average Bonchev–Trinajstić information content (AvgIpc) is 2.03. The molecule has 12 heavy (non-hydrogen) atoms. The van der Waals surface area contributed by atoms with Gasteiger partial charge in [0.1, 0.15) is 5.76 Å². The van der Waals surface area contributed by atoms with Crippen LogP contribution in [0.2, 0.25) is 0 Å². The first-order valence-corrected chi connectivity index (χ1v) is 3.55. The van der Waals surface area contributed by atoms with E-state index in [9.17, 15) is 0 Å². The van der Waals surface area contributed by atoms with Gasteiger partial charge in [0, 0.05) is 11.3 Å². The first-order valence-electron chi connectivity index (χ1n) is 3.55. The molecule has 62 valence electrons. The molecule has 0 heterocycles. The Hall–Kier alpha value is -1.70. The van der Waals surface area contributed by atoms with Gasteiger partial charge in [-0.25, -0.2) is 0 Å². The van der Waals surface area contributed by atoms with Crippen molar-refractivity contribution in [3.05, 3.63) is 42.5 Å². The molecule has 0 aliphatic rings. The van der Waals surface area contributed by atoms with E-state index < -0.39 is 0 Å². The van der Waals surface area contributed by atoms with Crippen LogP contribution in [0.1, 0.15) is 11.1 Å². The lowest BCUT2D eigenvalue weighted by Crippen LogP contribution is -1.90. The summed E-state index contributed by atoms with van der Waals surface area (Å²) in [5, 5.41) is 9.14. The lowest BCUT2D eigenvalue weighted by molar-refractivity contribution is 0.513. The molecule has 1 rings (SSSR count). The van der Waals surface area contributed by atoms with Crippen LogP contribution in [0.15, 0.2) is 31.4 Å². The zero-order valence-electron chi connectivity index (χ0n) is 6.75. The predicted octanol–water partition coefficient (Wildman–Crippen LogP) is 2.44. The molecule has 1 aromatic carbocycles. The summed E-state index contributed by atoms with van der Waals surface area (Å²) < 4.78 is 0. The standard InChI is InChI=1S/C10H11NO/c1-3-8-6-9(11)4-5-10(8)7(2)12/h3-6,12H,1-2,11H2. The summed E-state index contributed by atoms with van der Waals surface area (Å²) in [7, 11) is 0. The van der Waals surface area contributed by atoms with Crippen molar-refractivity contribution in [2.75, 3.05) is 5.73 Å². The highest BCUT2D eigenvalue weighted by Crippen LogP contribution is 2.19. The molecule has 2 heteroatoms. The summed E-state index contributed by atoms with van der Waals surface area (Å²) in [5.74, 6) is 0.0323. The number of benzene rings is 1. The van der Waals surface area contributed by atoms with Gasteiger partial charge in [-0.2, -0.15) is 0 Å². The van der Waals surface area contributed by atoms with Gasteiger partial charge in [-0.05, 0) is 23.8 Å². The summed E-state index contributed by atoms with van der Waals surface area (Å²) in [4.78, 5) is 0. The Kier molecular flexibility index (Phi) is 2.19. The van der Waals surface area contributed by atoms with Gasteiger partial charge in [0.15, 0.2) is 0 Å². The molecule has 0 amide bonds. The van der Waals surface area contributed by atoms with Crippen molar-refractivity contribution < 1.29 is 5.11 Å². The molecule has 0 atom stereocenters. The van der Waals surface area contributed by atoms with E-state index in [-0.39, 0.29) is 5.76 Å². The van der Waals surface area contributed by atoms with Gasteiger partial charge >= 0.3 is 0 Å². The van der Waals surface area contributed by atoms with Crippen LogP contribution in [0, 0.1) is 0 Å². The number of nitrogens with two attached hydrogens (primary N) is 1. The predicted molar refractivity (Wildman–Crippen MR) is 52.6 cm³/mol. The number of aliphatic hydroxyl groups is 1. The maximum Gasteiger partial charge on any atom is 0.116 e. The van der Waals surface area contributed by atoms with Gasteiger partial charge in [-0.15, -0.1) is 0 Å². The number of nitrogen functional groups attached to an aromatic ring is 1. The molecule has 0 radical (unpaired) electrons. The Morgan fingerprint density at radius 1 is 1.50 bits per heavy atom. The molecule has 2 nitrogen and oxygen atoms in total. The van der Waals surface area contributed by atoms with Gasteiger partial charge in [-0.3, -0.25) is 0 Å². The second kappa shape index (κ2) is 3.13. The normalized spacial score (nSPS) is 9.33. The topological polar surface area (TPSA) is 46.2 Å². The lowest BCUT2D eigenvalue weighted by atomic mass is 10.1. The van der Waals surface area contributed by atoms with Crippen LogP contribution in [0.5, 0.6) is 0 Å². The van der Waals surface area contributed by atoms with Crippen LogP contribution in [-0.4, -0.2) is 5.11 Å². The minimum atomic E-state index is 0.0323. The van der Waals surface area contributed by atoms with Crippen LogP contribution in [0.4, 0.5) is 5.69 Å². The van der Waals surface area contributed by atoms with Crippen molar-refractivity contribution in [3.8, 4) is 0 Å². The fourth-order valence-electron chi connectivity index (χ4n) is 1.01.